The van der Waals surface area contributed by atoms with E-state index in [2.05, 4.69) is 66.3 Å². The smallest absolute Gasteiger partial charge is 0.0722 e. The summed E-state index contributed by atoms with van der Waals surface area (Å²) >= 11 is 0. The van der Waals surface area contributed by atoms with E-state index < -0.39 is 0 Å². The minimum absolute atomic E-state index is 1.01. The molecular formula is C20H23N3. The molecule has 0 saturated heterocycles. The van der Waals surface area contributed by atoms with Gasteiger partial charge < -0.3 is 10.2 Å². The summed E-state index contributed by atoms with van der Waals surface area (Å²) in [5, 5.41) is 4.70. The molecule has 0 fully saturated rings. The maximum atomic E-state index is 4.42. The van der Waals surface area contributed by atoms with Crippen molar-refractivity contribution in [3.8, 4) is 0 Å². The Labute approximate surface area is 138 Å². The Morgan fingerprint density at radius 1 is 0.957 bits per heavy atom. The van der Waals surface area contributed by atoms with Crippen LogP contribution in [0.5, 0.6) is 0 Å². The lowest BCUT2D eigenvalue weighted by molar-refractivity contribution is 0.866. The molecular weight excluding hydrogens is 282 g/mol. The highest BCUT2D eigenvalue weighted by Crippen LogP contribution is 2.29. The first-order valence-electron chi connectivity index (χ1n) is 8.19. The van der Waals surface area contributed by atoms with Crippen molar-refractivity contribution in [2.24, 2.45) is 0 Å². The number of nitrogens with zero attached hydrogens (tertiary/aromatic N) is 2. The van der Waals surface area contributed by atoms with Gasteiger partial charge in [0.05, 0.1) is 5.52 Å². The van der Waals surface area contributed by atoms with Crippen LogP contribution in [0.15, 0.2) is 54.7 Å². The summed E-state index contributed by atoms with van der Waals surface area (Å²) in [5.74, 6) is 0. The molecule has 2 aromatic carbocycles. The average Bonchev–Trinajstić information content (AvgIpc) is 2.58. The molecule has 0 radical (unpaired) electrons. The van der Waals surface area contributed by atoms with Crippen molar-refractivity contribution in [3.05, 3.63) is 60.3 Å². The van der Waals surface area contributed by atoms with Crippen molar-refractivity contribution in [3.63, 3.8) is 0 Å². The van der Waals surface area contributed by atoms with E-state index in [0.29, 0.717) is 0 Å². The molecule has 0 aliphatic carbocycles. The lowest BCUT2D eigenvalue weighted by Gasteiger charge is -2.22. The number of hydrogen-bond donors (Lipinski definition) is 1. The summed E-state index contributed by atoms with van der Waals surface area (Å²) in [7, 11) is 0. The van der Waals surface area contributed by atoms with Crippen molar-refractivity contribution < 1.29 is 0 Å². The lowest BCUT2D eigenvalue weighted by Crippen LogP contribution is -2.21. The molecule has 0 unspecified atom stereocenters. The SMILES string of the molecule is CCN(CC)c1ccc(Nc2cccc3ncccc23)c(C)c1. The van der Waals surface area contributed by atoms with E-state index in [9.17, 15) is 0 Å². The summed E-state index contributed by atoms with van der Waals surface area (Å²) in [6, 6.07) is 16.9. The molecule has 23 heavy (non-hydrogen) atoms. The van der Waals surface area contributed by atoms with Gasteiger partial charge in [0, 0.05) is 41.7 Å². The fourth-order valence-electron chi connectivity index (χ4n) is 2.93. The van der Waals surface area contributed by atoms with E-state index in [-0.39, 0.29) is 0 Å². The molecule has 3 rings (SSSR count). The molecule has 0 aliphatic heterocycles. The summed E-state index contributed by atoms with van der Waals surface area (Å²) in [6.07, 6.45) is 1.83. The van der Waals surface area contributed by atoms with Crippen molar-refractivity contribution >= 4 is 28.0 Å². The molecule has 0 saturated carbocycles. The molecule has 3 aromatic rings. The van der Waals surface area contributed by atoms with Crippen LogP contribution in [0.3, 0.4) is 0 Å². The second kappa shape index (κ2) is 6.69. The van der Waals surface area contributed by atoms with Crippen LogP contribution in [0.4, 0.5) is 17.1 Å². The second-order valence-corrected chi connectivity index (χ2v) is 5.67. The van der Waals surface area contributed by atoms with Gasteiger partial charge in [0.1, 0.15) is 0 Å². The van der Waals surface area contributed by atoms with E-state index in [1.807, 2.05) is 24.4 Å². The topological polar surface area (TPSA) is 28.2 Å². The molecule has 1 N–H and O–H groups in total. The molecule has 1 heterocycles. The summed E-state index contributed by atoms with van der Waals surface area (Å²) in [4.78, 5) is 6.78. The lowest BCUT2D eigenvalue weighted by atomic mass is 10.1. The average molecular weight is 305 g/mol. The third-order valence-corrected chi connectivity index (χ3v) is 4.25. The number of rotatable bonds is 5. The molecule has 3 heteroatoms. The predicted molar refractivity (Wildman–Crippen MR) is 99.8 cm³/mol. The fraction of sp³-hybridized carbons (Fsp3) is 0.250. The van der Waals surface area contributed by atoms with E-state index in [1.165, 1.54) is 11.3 Å². The zero-order valence-corrected chi connectivity index (χ0v) is 14.0. The van der Waals surface area contributed by atoms with Gasteiger partial charge in [-0.3, -0.25) is 4.98 Å². The van der Waals surface area contributed by atoms with Gasteiger partial charge in [0.25, 0.3) is 0 Å². The maximum absolute atomic E-state index is 4.42. The first-order chi connectivity index (χ1) is 11.2. The molecule has 0 bridgehead atoms. The Kier molecular flexibility index (Phi) is 4.47. The Bertz CT molecular complexity index is 802. The highest BCUT2D eigenvalue weighted by molar-refractivity contribution is 5.93. The summed E-state index contributed by atoms with van der Waals surface area (Å²) < 4.78 is 0. The molecule has 118 valence electrons. The quantitative estimate of drug-likeness (QED) is 0.708. The van der Waals surface area contributed by atoms with Crippen LogP contribution in [0, 0.1) is 6.92 Å². The highest BCUT2D eigenvalue weighted by atomic mass is 15.1. The van der Waals surface area contributed by atoms with Gasteiger partial charge in [-0.1, -0.05) is 6.07 Å². The molecule has 0 amide bonds. The second-order valence-electron chi connectivity index (χ2n) is 5.67. The van der Waals surface area contributed by atoms with Crippen LogP contribution in [-0.4, -0.2) is 18.1 Å². The molecule has 1 aromatic heterocycles. The number of nitrogens with one attached hydrogen (secondary N) is 1. The molecule has 3 nitrogen and oxygen atoms in total. The molecule has 0 spiro atoms. The van der Waals surface area contributed by atoms with Crippen molar-refractivity contribution in [2.75, 3.05) is 23.3 Å². The van der Waals surface area contributed by atoms with Gasteiger partial charge in [-0.05, 0) is 68.8 Å². The Morgan fingerprint density at radius 2 is 1.78 bits per heavy atom. The largest absolute Gasteiger partial charge is 0.372 e. The third-order valence-electron chi connectivity index (χ3n) is 4.25. The van der Waals surface area contributed by atoms with Gasteiger partial charge in [-0.15, -0.1) is 0 Å². The van der Waals surface area contributed by atoms with Crippen molar-refractivity contribution in [2.45, 2.75) is 20.8 Å². The minimum Gasteiger partial charge on any atom is -0.372 e. The zero-order chi connectivity index (χ0) is 16.2. The van der Waals surface area contributed by atoms with Gasteiger partial charge in [0.15, 0.2) is 0 Å². The number of pyridine rings is 1. The van der Waals surface area contributed by atoms with E-state index in [1.54, 1.807) is 0 Å². The molecule has 0 aliphatic rings. The summed E-state index contributed by atoms with van der Waals surface area (Å²) in [5.41, 5.74) is 5.76. The Morgan fingerprint density at radius 3 is 2.52 bits per heavy atom. The standard InChI is InChI=1S/C20H23N3/c1-4-23(5-2)16-11-12-18(15(3)14-16)22-20-10-6-9-19-17(20)8-7-13-21-19/h6-14,22H,4-5H2,1-3H3. The number of aryl methyl sites for hydroxylation is 1. The van der Waals surface area contributed by atoms with Crippen LogP contribution in [0.2, 0.25) is 0 Å². The zero-order valence-electron chi connectivity index (χ0n) is 14.0. The Balaban J connectivity index is 1.93. The van der Waals surface area contributed by atoms with Crippen LogP contribution >= 0.6 is 0 Å². The van der Waals surface area contributed by atoms with E-state index in [0.717, 1.165) is 35.4 Å². The first-order valence-corrected chi connectivity index (χ1v) is 8.19. The number of anilines is 3. The minimum atomic E-state index is 1.01. The van der Waals surface area contributed by atoms with Crippen molar-refractivity contribution in [1.29, 1.82) is 0 Å². The number of fused-ring (bicyclic) bond motifs is 1. The van der Waals surface area contributed by atoms with Gasteiger partial charge in [-0.25, -0.2) is 0 Å². The predicted octanol–water partition coefficient (Wildman–Crippen LogP) is 5.13. The van der Waals surface area contributed by atoms with Crippen LogP contribution in [0.25, 0.3) is 10.9 Å². The van der Waals surface area contributed by atoms with Crippen LogP contribution in [-0.2, 0) is 0 Å². The van der Waals surface area contributed by atoms with E-state index >= 15 is 0 Å². The Hall–Kier alpha value is -2.55. The van der Waals surface area contributed by atoms with Crippen LogP contribution in [0.1, 0.15) is 19.4 Å². The normalized spacial score (nSPS) is 10.7. The van der Waals surface area contributed by atoms with Crippen LogP contribution < -0.4 is 10.2 Å². The highest BCUT2D eigenvalue weighted by Gasteiger charge is 2.07. The first kappa shape index (κ1) is 15.3. The van der Waals surface area contributed by atoms with Gasteiger partial charge in [0.2, 0.25) is 0 Å². The number of benzene rings is 2. The summed E-state index contributed by atoms with van der Waals surface area (Å²) in [6.45, 7) is 8.58. The number of hydrogen-bond acceptors (Lipinski definition) is 3. The number of aromatic nitrogens is 1. The van der Waals surface area contributed by atoms with Crippen molar-refractivity contribution in [1.82, 2.24) is 4.98 Å². The molecule has 0 atom stereocenters. The maximum Gasteiger partial charge on any atom is 0.0722 e. The van der Waals surface area contributed by atoms with E-state index in [4.69, 9.17) is 0 Å². The van der Waals surface area contributed by atoms with Gasteiger partial charge >= 0.3 is 0 Å². The van der Waals surface area contributed by atoms with Gasteiger partial charge in [-0.2, -0.15) is 0 Å². The monoisotopic (exact) mass is 305 g/mol. The fourth-order valence-corrected chi connectivity index (χ4v) is 2.93. The third kappa shape index (κ3) is 3.14.